The standard InChI is InChI=1S/C10H12N2O2/c1-12(7-11)9-6-8(13-2)4-5-10(9)14-3/h4-6H,1-3H3. The molecule has 0 aliphatic heterocycles. The summed E-state index contributed by atoms with van der Waals surface area (Å²) in [6.45, 7) is 0. The van der Waals surface area contributed by atoms with Gasteiger partial charge >= 0.3 is 0 Å². The molecular weight excluding hydrogens is 180 g/mol. The maximum absolute atomic E-state index is 8.75. The topological polar surface area (TPSA) is 45.5 Å². The Kier molecular flexibility index (Phi) is 3.19. The lowest BCUT2D eigenvalue weighted by Crippen LogP contribution is -2.09. The highest BCUT2D eigenvalue weighted by molar-refractivity contribution is 5.63. The highest BCUT2D eigenvalue weighted by atomic mass is 16.5. The lowest BCUT2D eigenvalue weighted by molar-refractivity contribution is 0.404. The maximum Gasteiger partial charge on any atom is 0.184 e. The predicted octanol–water partition coefficient (Wildman–Crippen LogP) is 1.62. The van der Waals surface area contributed by atoms with Crippen LogP contribution in [0.4, 0.5) is 5.69 Å². The Morgan fingerprint density at radius 3 is 2.50 bits per heavy atom. The molecular formula is C10H12N2O2. The third-order valence-electron chi connectivity index (χ3n) is 1.90. The van der Waals surface area contributed by atoms with Crippen LogP contribution in [0.2, 0.25) is 0 Å². The lowest BCUT2D eigenvalue weighted by Gasteiger charge is -2.14. The molecule has 1 aromatic carbocycles. The molecule has 0 saturated carbocycles. The third-order valence-corrected chi connectivity index (χ3v) is 1.90. The van der Waals surface area contributed by atoms with Crippen molar-refractivity contribution >= 4 is 5.69 Å². The summed E-state index contributed by atoms with van der Waals surface area (Å²) in [5.41, 5.74) is 0.689. The number of anilines is 1. The molecule has 0 atom stereocenters. The molecule has 0 amide bonds. The molecule has 0 radical (unpaired) electrons. The van der Waals surface area contributed by atoms with Crippen LogP contribution < -0.4 is 14.4 Å². The summed E-state index contributed by atoms with van der Waals surface area (Å²) in [5, 5.41) is 8.75. The van der Waals surface area contributed by atoms with Crippen molar-refractivity contribution in [3.8, 4) is 17.7 Å². The molecule has 74 valence electrons. The molecule has 0 aliphatic carbocycles. The first kappa shape index (κ1) is 10.2. The summed E-state index contributed by atoms with van der Waals surface area (Å²) in [7, 11) is 4.81. The molecule has 0 saturated heterocycles. The maximum atomic E-state index is 8.75. The van der Waals surface area contributed by atoms with Crippen molar-refractivity contribution in [2.24, 2.45) is 0 Å². The quantitative estimate of drug-likeness (QED) is 0.539. The molecule has 0 fully saturated rings. The summed E-state index contributed by atoms with van der Waals surface area (Å²) in [6, 6.07) is 5.30. The van der Waals surface area contributed by atoms with E-state index >= 15 is 0 Å². The van der Waals surface area contributed by atoms with Crippen LogP contribution in [0, 0.1) is 11.5 Å². The van der Waals surface area contributed by atoms with Gasteiger partial charge in [-0.05, 0) is 12.1 Å². The van der Waals surface area contributed by atoms with Crippen LogP contribution in [-0.4, -0.2) is 21.3 Å². The second kappa shape index (κ2) is 4.38. The molecule has 0 aliphatic rings. The second-order valence-electron chi connectivity index (χ2n) is 2.70. The number of nitrogens with zero attached hydrogens (tertiary/aromatic N) is 2. The first-order valence-electron chi connectivity index (χ1n) is 4.08. The van der Waals surface area contributed by atoms with Crippen molar-refractivity contribution in [1.82, 2.24) is 0 Å². The number of benzene rings is 1. The van der Waals surface area contributed by atoms with Gasteiger partial charge in [-0.25, -0.2) is 0 Å². The molecule has 0 spiro atoms. The van der Waals surface area contributed by atoms with Gasteiger partial charge in [0.2, 0.25) is 0 Å². The van der Waals surface area contributed by atoms with Crippen LogP contribution in [0.25, 0.3) is 0 Å². The molecule has 14 heavy (non-hydrogen) atoms. The van der Waals surface area contributed by atoms with E-state index in [0.29, 0.717) is 17.2 Å². The zero-order valence-electron chi connectivity index (χ0n) is 8.44. The van der Waals surface area contributed by atoms with E-state index in [1.165, 1.54) is 4.90 Å². The van der Waals surface area contributed by atoms with Crippen molar-refractivity contribution in [2.45, 2.75) is 0 Å². The van der Waals surface area contributed by atoms with Gasteiger partial charge in [-0.3, -0.25) is 4.90 Å². The van der Waals surface area contributed by atoms with E-state index in [9.17, 15) is 0 Å². The summed E-state index contributed by atoms with van der Waals surface area (Å²) in [5.74, 6) is 1.35. The van der Waals surface area contributed by atoms with Crippen LogP contribution >= 0.6 is 0 Å². The molecule has 1 rings (SSSR count). The van der Waals surface area contributed by atoms with E-state index in [1.54, 1.807) is 39.5 Å². The number of hydrogen-bond acceptors (Lipinski definition) is 4. The minimum absolute atomic E-state index is 0.648. The Morgan fingerprint density at radius 2 is 2.00 bits per heavy atom. The van der Waals surface area contributed by atoms with Gasteiger partial charge in [0.25, 0.3) is 0 Å². The Labute approximate surface area is 83.3 Å². The highest BCUT2D eigenvalue weighted by Gasteiger charge is 2.08. The van der Waals surface area contributed by atoms with Gasteiger partial charge in [0.1, 0.15) is 11.5 Å². The van der Waals surface area contributed by atoms with Gasteiger partial charge in [0, 0.05) is 13.1 Å². The molecule has 0 aromatic heterocycles. The fourth-order valence-electron chi connectivity index (χ4n) is 1.11. The Morgan fingerprint density at radius 1 is 1.29 bits per heavy atom. The van der Waals surface area contributed by atoms with Crippen LogP contribution in [0.5, 0.6) is 11.5 Å². The van der Waals surface area contributed by atoms with Crippen LogP contribution in [-0.2, 0) is 0 Å². The van der Waals surface area contributed by atoms with E-state index in [4.69, 9.17) is 14.7 Å². The van der Waals surface area contributed by atoms with E-state index < -0.39 is 0 Å². The van der Waals surface area contributed by atoms with Gasteiger partial charge in [-0.15, -0.1) is 0 Å². The average Bonchev–Trinajstić information content (AvgIpc) is 2.27. The summed E-state index contributed by atoms with van der Waals surface area (Å²) < 4.78 is 10.2. The second-order valence-corrected chi connectivity index (χ2v) is 2.70. The molecule has 0 bridgehead atoms. The van der Waals surface area contributed by atoms with Crippen molar-refractivity contribution in [2.75, 3.05) is 26.2 Å². The molecule has 0 N–H and O–H groups in total. The van der Waals surface area contributed by atoms with Gasteiger partial charge in [0.05, 0.1) is 19.9 Å². The van der Waals surface area contributed by atoms with Gasteiger partial charge in [-0.2, -0.15) is 5.26 Å². The van der Waals surface area contributed by atoms with Crippen LogP contribution in [0.15, 0.2) is 18.2 Å². The van der Waals surface area contributed by atoms with Crippen LogP contribution in [0.1, 0.15) is 0 Å². The Hall–Kier alpha value is -1.89. The number of methoxy groups -OCH3 is 2. The minimum Gasteiger partial charge on any atom is -0.497 e. The largest absolute Gasteiger partial charge is 0.497 e. The van der Waals surface area contributed by atoms with Gasteiger partial charge in [-0.1, -0.05) is 0 Å². The predicted molar refractivity (Wildman–Crippen MR) is 53.6 cm³/mol. The third kappa shape index (κ3) is 1.88. The average molecular weight is 192 g/mol. The zero-order chi connectivity index (χ0) is 10.6. The monoisotopic (exact) mass is 192 g/mol. The van der Waals surface area contributed by atoms with Gasteiger partial charge in [0.15, 0.2) is 6.19 Å². The van der Waals surface area contributed by atoms with Gasteiger partial charge < -0.3 is 9.47 Å². The molecule has 4 heteroatoms. The number of nitriles is 1. The van der Waals surface area contributed by atoms with Crippen molar-refractivity contribution in [3.05, 3.63) is 18.2 Å². The smallest absolute Gasteiger partial charge is 0.184 e. The first-order valence-corrected chi connectivity index (χ1v) is 4.08. The van der Waals surface area contributed by atoms with Crippen molar-refractivity contribution in [3.63, 3.8) is 0 Å². The molecule has 1 aromatic rings. The Balaban J connectivity index is 3.16. The van der Waals surface area contributed by atoms with Crippen LogP contribution in [0.3, 0.4) is 0 Å². The number of ether oxygens (including phenoxy) is 2. The zero-order valence-corrected chi connectivity index (χ0v) is 8.44. The normalized spacial score (nSPS) is 9.00. The fraction of sp³-hybridized carbons (Fsp3) is 0.300. The van der Waals surface area contributed by atoms with Crippen molar-refractivity contribution < 1.29 is 9.47 Å². The highest BCUT2D eigenvalue weighted by Crippen LogP contribution is 2.30. The van der Waals surface area contributed by atoms with Crippen molar-refractivity contribution in [1.29, 1.82) is 5.26 Å². The fourth-order valence-corrected chi connectivity index (χ4v) is 1.11. The molecule has 0 unspecified atom stereocenters. The lowest BCUT2D eigenvalue weighted by atomic mass is 10.2. The summed E-state index contributed by atoms with van der Waals surface area (Å²) >= 11 is 0. The summed E-state index contributed by atoms with van der Waals surface area (Å²) in [6.07, 6.45) is 2.01. The van der Waals surface area contributed by atoms with E-state index in [0.717, 1.165) is 0 Å². The molecule has 4 nitrogen and oxygen atoms in total. The minimum atomic E-state index is 0.648. The number of hydrogen-bond donors (Lipinski definition) is 0. The SMILES string of the molecule is COc1ccc(OC)c(N(C)C#N)c1. The van der Waals surface area contributed by atoms with E-state index in [1.807, 2.05) is 6.19 Å². The molecule has 0 heterocycles. The van der Waals surface area contributed by atoms with E-state index in [2.05, 4.69) is 0 Å². The Bertz CT molecular complexity index is 358. The van der Waals surface area contributed by atoms with E-state index in [-0.39, 0.29) is 0 Å². The summed E-state index contributed by atoms with van der Waals surface area (Å²) in [4.78, 5) is 1.42. The first-order chi connectivity index (χ1) is 6.72. The number of rotatable bonds is 3.